The first-order chi connectivity index (χ1) is 8.21. The molecule has 0 spiro atoms. The summed E-state index contributed by atoms with van der Waals surface area (Å²) in [5.41, 5.74) is 0.345. The molecule has 2 rings (SSSR count). The predicted octanol–water partition coefficient (Wildman–Crippen LogP) is 2.32. The summed E-state index contributed by atoms with van der Waals surface area (Å²) in [4.78, 5) is 11.9. The number of hydrogen-bond acceptors (Lipinski definition) is 3. The second-order valence-corrected chi connectivity index (χ2v) is 4.40. The van der Waals surface area contributed by atoms with E-state index < -0.39 is 5.41 Å². The number of esters is 1. The van der Waals surface area contributed by atoms with Gasteiger partial charge in [0.25, 0.3) is 0 Å². The van der Waals surface area contributed by atoms with E-state index in [-0.39, 0.29) is 5.97 Å². The Labute approximate surface area is 101 Å². The molecular formula is C14H16O3. The highest BCUT2D eigenvalue weighted by atomic mass is 16.5. The maximum absolute atomic E-state index is 11.9. The largest absolute Gasteiger partial charge is 0.460 e. The molecule has 90 valence electrons. The fourth-order valence-electron chi connectivity index (χ4n) is 1.71. The molecule has 1 heterocycles. The molecule has 0 aliphatic carbocycles. The van der Waals surface area contributed by atoms with Crippen LogP contribution in [0.5, 0.6) is 0 Å². The molecule has 1 aliphatic heterocycles. The van der Waals surface area contributed by atoms with Gasteiger partial charge in [-0.1, -0.05) is 42.5 Å². The van der Waals surface area contributed by atoms with Gasteiger partial charge in [0.1, 0.15) is 12.0 Å². The maximum Gasteiger partial charge on any atom is 0.318 e. The van der Waals surface area contributed by atoms with Crippen molar-refractivity contribution in [3.63, 3.8) is 0 Å². The topological polar surface area (TPSA) is 35.5 Å². The lowest BCUT2D eigenvalue weighted by molar-refractivity contribution is -0.157. The summed E-state index contributed by atoms with van der Waals surface area (Å²) in [6, 6.07) is 9.65. The lowest BCUT2D eigenvalue weighted by Crippen LogP contribution is -2.34. The van der Waals surface area contributed by atoms with E-state index in [0.29, 0.717) is 19.8 Å². The quantitative estimate of drug-likeness (QED) is 0.592. The SMILES string of the molecule is CC1(C(=O)OCc2ccccc2)C=CCOC1. The number of carbonyl (C=O) groups excluding carboxylic acids is 1. The third-order valence-electron chi connectivity index (χ3n) is 2.78. The van der Waals surface area contributed by atoms with E-state index in [2.05, 4.69) is 0 Å². The van der Waals surface area contributed by atoms with Crippen molar-refractivity contribution >= 4 is 5.97 Å². The van der Waals surface area contributed by atoms with Gasteiger partial charge in [-0.15, -0.1) is 0 Å². The summed E-state index contributed by atoms with van der Waals surface area (Å²) in [6.07, 6.45) is 3.72. The minimum absolute atomic E-state index is 0.239. The Balaban J connectivity index is 1.93. The number of rotatable bonds is 3. The van der Waals surface area contributed by atoms with Crippen molar-refractivity contribution in [1.29, 1.82) is 0 Å². The van der Waals surface area contributed by atoms with Crippen LogP contribution in [0.3, 0.4) is 0 Å². The van der Waals surface area contributed by atoms with Gasteiger partial charge in [0, 0.05) is 0 Å². The van der Waals surface area contributed by atoms with Crippen LogP contribution in [0.4, 0.5) is 0 Å². The van der Waals surface area contributed by atoms with Crippen molar-refractivity contribution in [3.05, 3.63) is 48.0 Å². The number of benzene rings is 1. The summed E-state index contributed by atoms with van der Waals surface area (Å²) in [5.74, 6) is -0.239. The second kappa shape index (κ2) is 5.15. The lowest BCUT2D eigenvalue weighted by atomic mass is 9.90. The molecule has 17 heavy (non-hydrogen) atoms. The third kappa shape index (κ3) is 2.94. The van der Waals surface area contributed by atoms with Gasteiger partial charge < -0.3 is 9.47 Å². The summed E-state index contributed by atoms with van der Waals surface area (Å²) < 4.78 is 10.6. The Morgan fingerprint density at radius 1 is 1.41 bits per heavy atom. The minimum Gasteiger partial charge on any atom is -0.460 e. The van der Waals surface area contributed by atoms with Gasteiger partial charge >= 0.3 is 5.97 Å². The lowest BCUT2D eigenvalue weighted by Gasteiger charge is -2.26. The highest BCUT2D eigenvalue weighted by Gasteiger charge is 2.34. The average molecular weight is 232 g/mol. The summed E-state index contributed by atoms with van der Waals surface area (Å²) in [7, 11) is 0. The first kappa shape index (κ1) is 11.9. The van der Waals surface area contributed by atoms with Gasteiger partial charge in [-0.2, -0.15) is 0 Å². The molecule has 0 aromatic heterocycles. The van der Waals surface area contributed by atoms with Crippen molar-refractivity contribution in [3.8, 4) is 0 Å². The molecule has 0 radical (unpaired) electrons. The third-order valence-corrected chi connectivity index (χ3v) is 2.78. The molecule has 3 heteroatoms. The Morgan fingerprint density at radius 3 is 2.82 bits per heavy atom. The number of hydrogen-bond donors (Lipinski definition) is 0. The summed E-state index contributed by atoms with van der Waals surface area (Å²) >= 11 is 0. The fourth-order valence-corrected chi connectivity index (χ4v) is 1.71. The van der Waals surface area contributed by atoms with Crippen LogP contribution in [-0.4, -0.2) is 19.2 Å². The number of carbonyl (C=O) groups is 1. The fraction of sp³-hybridized carbons (Fsp3) is 0.357. The van der Waals surface area contributed by atoms with Crippen molar-refractivity contribution in [2.45, 2.75) is 13.5 Å². The molecule has 1 aromatic rings. The molecule has 0 fully saturated rings. The van der Waals surface area contributed by atoms with Crippen molar-refractivity contribution in [2.24, 2.45) is 5.41 Å². The molecule has 0 amide bonds. The standard InChI is InChI=1S/C14H16O3/c1-14(8-5-9-16-11-14)13(15)17-10-12-6-3-2-4-7-12/h2-8H,9-11H2,1H3. The van der Waals surface area contributed by atoms with Crippen LogP contribution in [0.25, 0.3) is 0 Å². The molecule has 1 unspecified atom stereocenters. The van der Waals surface area contributed by atoms with Crippen LogP contribution in [0.1, 0.15) is 12.5 Å². The minimum atomic E-state index is -0.646. The zero-order valence-corrected chi connectivity index (χ0v) is 9.89. The predicted molar refractivity (Wildman–Crippen MR) is 64.3 cm³/mol. The van der Waals surface area contributed by atoms with Crippen molar-refractivity contribution in [1.82, 2.24) is 0 Å². The molecule has 1 aliphatic rings. The molecule has 0 saturated heterocycles. The molecule has 3 nitrogen and oxygen atoms in total. The van der Waals surface area contributed by atoms with E-state index in [0.717, 1.165) is 5.56 Å². The van der Waals surface area contributed by atoms with Crippen molar-refractivity contribution in [2.75, 3.05) is 13.2 Å². The van der Waals surface area contributed by atoms with Gasteiger partial charge in [-0.3, -0.25) is 4.79 Å². The highest BCUT2D eigenvalue weighted by Crippen LogP contribution is 2.24. The van der Waals surface area contributed by atoms with E-state index in [1.54, 1.807) is 0 Å². The van der Waals surface area contributed by atoms with E-state index in [9.17, 15) is 4.79 Å². The molecule has 1 atom stereocenters. The second-order valence-electron chi connectivity index (χ2n) is 4.40. The van der Waals surface area contributed by atoms with Crippen LogP contribution in [0.2, 0.25) is 0 Å². The Bertz CT molecular complexity index is 411. The van der Waals surface area contributed by atoms with Crippen LogP contribution in [0.15, 0.2) is 42.5 Å². The highest BCUT2D eigenvalue weighted by molar-refractivity contribution is 5.79. The van der Waals surface area contributed by atoms with E-state index >= 15 is 0 Å². The number of ether oxygens (including phenoxy) is 2. The van der Waals surface area contributed by atoms with E-state index in [1.807, 2.05) is 49.4 Å². The van der Waals surface area contributed by atoms with Gasteiger partial charge in [0.05, 0.1) is 13.2 Å². The van der Waals surface area contributed by atoms with Gasteiger partial charge in [-0.25, -0.2) is 0 Å². The Hall–Kier alpha value is -1.61. The smallest absolute Gasteiger partial charge is 0.318 e. The monoisotopic (exact) mass is 232 g/mol. The van der Waals surface area contributed by atoms with Gasteiger partial charge in [0.2, 0.25) is 0 Å². The Morgan fingerprint density at radius 2 is 2.18 bits per heavy atom. The Kier molecular flexibility index (Phi) is 3.59. The van der Waals surface area contributed by atoms with Gasteiger partial charge in [0.15, 0.2) is 0 Å². The average Bonchev–Trinajstić information content (AvgIpc) is 2.38. The van der Waals surface area contributed by atoms with Crippen molar-refractivity contribution < 1.29 is 14.3 Å². The summed E-state index contributed by atoms with van der Waals surface area (Å²) in [5, 5.41) is 0. The normalized spacial score (nSPS) is 23.4. The zero-order chi connectivity index (χ0) is 12.1. The van der Waals surface area contributed by atoms with Crippen LogP contribution < -0.4 is 0 Å². The molecule has 0 bridgehead atoms. The van der Waals surface area contributed by atoms with Crippen LogP contribution in [0, 0.1) is 5.41 Å². The molecule has 0 N–H and O–H groups in total. The van der Waals surface area contributed by atoms with E-state index in [1.165, 1.54) is 0 Å². The maximum atomic E-state index is 11.9. The van der Waals surface area contributed by atoms with Crippen LogP contribution in [-0.2, 0) is 20.9 Å². The molecular weight excluding hydrogens is 216 g/mol. The molecule has 0 saturated carbocycles. The molecule has 1 aromatic carbocycles. The first-order valence-corrected chi connectivity index (χ1v) is 5.67. The summed E-state index contributed by atoms with van der Waals surface area (Å²) in [6.45, 7) is 3.10. The van der Waals surface area contributed by atoms with Gasteiger partial charge in [-0.05, 0) is 12.5 Å². The van der Waals surface area contributed by atoms with E-state index in [4.69, 9.17) is 9.47 Å². The van der Waals surface area contributed by atoms with Crippen LogP contribution >= 0.6 is 0 Å². The zero-order valence-electron chi connectivity index (χ0n) is 9.89. The first-order valence-electron chi connectivity index (χ1n) is 5.67.